The maximum absolute atomic E-state index is 10.7. The summed E-state index contributed by atoms with van der Waals surface area (Å²) in [6, 6.07) is 15.6. The Balaban J connectivity index is 2.04. The number of nitrogens with zero attached hydrogens (tertiary/aromatic N) is 1. The van der Waals surface area contributed by atoms with Gasteiger partial charge in [-0.3, -0.25) is 0 Å². The predicted octanol–water partition coefficient (Wildman–Crippen LogP) is 4.34. The summed E-state index contributed by atoms with van der Waals surface area (Å²) in [6.07, 6.45) is -0.723. The number of furan rings is 1. The molecule has 0 aliphatic rings. The normalized spacial score (nSPS) is 12.6. The summed E-state index contributed by atoms with van der Waals surface area (Å²) < 4.78 is 6.23. The van der Waals surface area contributed by atoms with Crippen LogP contribution in [-0.4, -0.2) is 19.2 Å². The van der Waals surface area contributed by atoms with Crippen molar-refractivity contribution in [3.8, 4) is 0 Å². The highest BCUT2D eigenvalue weighted by molar-refractivity contribution is 9.10. The number of aliphatic hydroxyl groups is 1. The molecule has 1 atom stereocenters. The molecular weight excluding hydrogens is 330 g/mol. The third-order valence-corrected chi connectivity index (χ3v) is 4.18. The fraction of sp³-hybridized carbons (Fsp3) is 0.176. The summed E-state index contributed by atoms with van der Waals surface area (Å²) in [7, 11) is 3.98. The molecule has 0 saturated carbocycles. The molecule has 0 amide bonds. The molecule has 3 nitrogen and oxygen atoms in total. The zero-order valence-electron chi connectivity index (χ0n) is 11.9. The highest BCUT2D eigenvalue weighted by atomic mass is 79.9. The zero-order valence-corrected chi connectivity index (χ0v) is 13.5. The van der Waals surface area contributed by atoms with Gasteiger partial charge in [-0.05, 0) is 39.7 Å². The molecule has 0 bridgehead atoms. The van der Waals surface area contributed by atoms with Crippen molar-refractivity contribution in [2.24, 2.45) is 0 Å². The van der Waals surface area contributed by atoms with Gasteiger partial charge in [-0.2, -0.15) is 0 Å². The molecule has 0 saturated heterocycles. The summed E-state index contributed by atoms with van der Waals surface area (Å²) in [5.74, 6) is 0. The van der Waals surface area contributed by atoms with Gasteiger partial charge >= 0.3 is 0 Å². The number of rotatable bonds is 3. The Morgan fingerprint density at radius 1 is 1.05 bits per heavy atom. The van der Waals surface area contributed by atoms with Gasteiger partial charge in [-0.1, -0.05) is 30.3 Å². The Bertz CT molecular complexity index is 762. The van der Waals surface area contributed by atoms with Gasteiger partial charge in [0.25, 0.3) is 0 Å². The molecule has 0 fully saturated rings. The number of hydrogen-bond acceptors (Lipinski definition) is 3. The van der Waals surface area contributed by atoms with Crippen LogP contribution in [0, 0.1) is 0 Å². The molecule has 0 radical (unpaired) electrons. The molecule has 0 aliphatic carbocycles. The van der Waals surface area contributed by atoms with Crippen LogP contribution in [0.25, 0.3) is 11.0 Å². The van der Waals surface area contributed by atoms with E-state index >= 15 is 0 Å². The zero-order chi connectivity index (χ0) is 15.0. The average Bonchev–Trinajstić information content (AvgIpc) is 2.82. The van der Waals surface area contributed by atoms with Crippen LogP contribution in [-0.2, 0) is 0 Å². The van der Waals surface area contributed by atoms with Crippen LogP contribution in [0.1, 0.15) is 17.2 Å². The Labute approximate surface area is 131 Å². The van der Waals surface area contributed by atoms with E-state index in [1.165, 1.54) is 0 Å². The predicted molar refractivity (Wildman–Crippen MR) is 88.7 cm³/mol. The lowest BCUT2D eigenvalue weighted by Crippen LogP contribution is -2.08. The quantitative estimate of drug-likeness (QED) is 0.766. The summed E-state index contributed by atoms with van der Waals surface area (Å²) in [4.78, 5) is 2.03. The fourth-order valence-electron chi connectivity index (χ4n) is 2.41. The lowest BCUT2D eigenvalue weighted by Gasteiger charge is -2.15. The highest BCUT2D eigenvalue weighted by Gasteiger charge is 2.20. The molecule has 108 valence electrons. The molecular formula is C17H16BrNO2. The highest BCUT2D eigenvalue weighted by Crippen LogP contribution is 2.37. The van der Waals surface area contributed by atoms with Crippen molar-refractivity contribution in [2.75, 3.05) is 19.0 Å². The second-order valence-corrected chi connectivity index (χ2v) is 5.89. The van der Waals surface area contributed by atoms with Gasteiger partial charge in [-0.25, -0.2) is 0 Å². The Morgan fingerprint density at radius 2 is 1.71 bits per heavy atom. The van der Waals surface area contributed by atoms with E-state index in [0.717, 1.165) is 27.8 Å². The Morgan fingerprint density at radius 3 is 2.38 bits per heavy atom. The van der Waals surface area contributed by atoms with E-state index in [4.69, 9.17) is 4.42 Å². The first-order valence-electron chi connectivity index (χ1n) is 6.70. The molecule has 0 spiro atoms. The van der Waals surface area contributed by atoms with Crippen molar-refractivity contribution >= 4 is 32.6 Å². The van der Waals surface area contributed by atoms with Crippen molar-refractivity contribution in [3.63, 3.8) is 0 Å². The minimum Gasteiger partial charge on any atom is -0.449 e. The standard InChI is InChI=1S/C17H16BrNO2/c1-19(2)12-9-7-11(8-10-12)16(20)15-13-5-3-4-6-14(13)21-17(15)18/h3-10,16,20H,1-2H3. The molecule has 2 aromatic carbocycles. The van der Waals surface area contributed by atoms with Crippen LogP contribution < -0.4 is 4.90 Å². The maximum atomic E-state index is 10.7. The van der Waals surface area contributed by atoms with Gasteiger partial charge in [0.05, 0.1) is 0 Å². The van der Waals surface area contributed by atoms with E-state index in [1.807, 2.05) is 67.5 Å². The lowest BCUT2D eigenvalue weighted by molar-refractivity contribution is 0.219. The smallest absolute Gasteiger partial charge is 0.176 e. The molecule has 21 heavy (non-hydrogen) atoms. The van der Waals surface area contributed by atoms with Crippen LogP contribution in [0.2, 0.25) is 0 Å². The van der Waals surface area contributed by atoms with Crippen molar-refractivity contribution in [1.29, 1.82) is 0 Å². The van der Waals surface area contributed by atoms with Gasteiger partial charge < -0.3 is 14.4 Å². The number of para-hydroxylation sites is 1. The van der Waals surface area contributed by atoms with Gasteiger partial charge in [0.1, 0.15) is 11.7 Å². The van der Waals surface area contributed by atoms with E-state index in [-0.39, 0.29) is 0 Å². The Hall–Kier alpha value is -1.78. The van der Waals surface area contributed by atoms with Crippen LogP contribution in [0.15, 0.2) is 57.6 Å². The van der Waals surface area contributed by atoms with Crippen molar-refractivity contribution in [2.45, 2.75) is 6.10 Å². The molecule has 1 aromatic heterocycles. The van der Waals surface area contributed by atoms with Gasteiger partial charge in [0.2, 0.25) is 0 Å². The number of fused-ring (bicyclic) bond motifs is 1. The number of hydrogen-bond donors (Lipinski definition) is 1. The second kappa shape index (κ2) is 5.54. The maximum Gasteiger partial charge on any atom is 0.176 e. The van der Waals surface area contributed by atoms with Gasteiger partial charge in [0.15, 0.2) is 4.67 Å². The number of aliphatic hydroxyl groups excluding tert-OH is 1. The number of anilines is 1. The summed E-state index contributed by atoms with van der Waals surface area (Å²) in [6.45, 7) is 0. The van der Waals surface area contributed by atoms with Gasteiger partial charge in [-0.15, -0.1) is 0 Å². The van der Waals surface area contributed by atoms with Crippen molar-refractivity contribution < 1.29 is 9.52 Å². The van der Waals surface area contributed by atoms with E-state index in [0.29, 0.717) is 4.67 Å². The number of halogens is 1. The molecule has 3 rings (SSSR count). The Kier molecular flexibility index (Phi) is 3.74. The molecule has 1 unspecified atom stereocenters. The topological polar surface area (TPSA) is 36.6 Å². The minimum atomic E-state index is -0.723. The average molecular weight is 346 g/mol. The molecule has 1 N–H and O–H groups in total. The van der Waals surface area contributed by atoms with Crippen LogP contribution in [0.5, 0.6) is 0 Å². The molecule has 1 heterocycles. The molecule has 3 aromatic rings. The van der Waals surface area contributed by atoms with Crippen LogP contribution in [0.3, 0.4) is 0 Å². The monoisotopic (exact) mass is 345 g/mol. The minimum absolute atomic E-state index is 0.577. The fourth-order valence-corrected chi connectivity index (χ4v) is 3.02. The van der Waals surface area contributed by atoms with E-state index in [2.05, 4.69) is 15.9 Å². The SMILES string of the molecule is CN(C)c1ccc(C(O)c2c(Br)oc3ccccc23)cc1. The summed E-state index contributed by atoms with van der Waals surface area (Å²) in [5, 5.41) is 11.6. The largest absolute Gasteiger partial charge is 0.449 e. The summed E-state index contributed by atoms with van der Waals surface area (Å²) >= 11 is 3.41. The van der Waals surface area contributed by atoms with E-state index in [1.54, 1.807) is 0 Å². The third-order valence-electron chi connectivity index (χ3n) is 3.59. The number of benzene rings is 2. The second-order valence-electron chi connectivity index (χ2n) is 5.17. The van der Waals surface area contributed by atoms with Crippen molar-refractivity contribution in [1.82, 2.24) is 0 Å². The van der Waals surface area contributed by atoms with Crippen LogP contribution in [0.4, 0.5) is 5.69 Å². The summed E-state index contributed by atoms with van der Waals surface area (Å²) in [5.41, 5.74) is 3.47. The first kappa shape index (κ1) is 14.2. The van der Waals surface area contributed by atoms with E-state index in [9.17, 15) is 5.11 Å². The first-order chi connectivity index (χ1) is 10.1. The molecule has 0 aliphatic heterocycles. The molecule has 4 heteroatoms. The van der Waals surface area contributed by atoms with Crippen molar-refractivity contribution in [3.05, 3.63) is 64.3 Å². The van der Waals surface area contributed by atoms with Gasteiger partial charge in [0, 0.05) is 30.7 Å². The van der Waals surface area contributed by atoms with E-state index < -0.39 is 6.10 Å². The lowest BCUT2D eigenvalue weighted by atomic mass is 10.0. The first-order valence-corrected chi connectivity index (χ1v) is 7.49. The third kappa shape index (κ3) is 2.57. The van der Waals surface area contributed by atoms with Crippen LogP contribution >= 0.6 is 15.9 Å².